The molecule has 0 spiro atoms. The number of rotatable bonds is 8. The second kappa shape index (κ2) is 9.60. The monoisotopic (exact) mass is 488 g/mol. The number of anilines is 1. The highest BCUT2D eigenvalue weighted by Crippen LogP contribution is 2.49. The summed E-state index contributed by atoms with van der Waals surface area (Å²) in [5, 5.41) is 5.25. The van der Waals surface area contributed by atoms with Crippen molar-refractivity contribution in [3.63, 3.8) is 0 Å². The number of benzene rings is 3. The molecule has 0 radical (unpaired) electrons. The third-order valence-electron chi connectivity index (χ3n) is 5.68. The third kappa shape index (κ3) is 5.15. The number of primary sulfonamides is 1. The smallest absolute Gasteiger partial charge is 0.387 e. The maximum atomic E-state index is 13.1. The van der Waals surface area contributed by atoms with Crippen molar-refractivity contribution in [3.8, 4) is 22.6 Å². The fraction of sp³-hybridized carbons (Fsp3) is 0.280. The van der Waals surface area contributed by atoms with Crippen LogP contribution in [0.25, 0.3) is 11.1 Å². The molecule has 6 nitrogen and oxygen atoms in total. The molecule has 0 aliphatic carbocycles. The Bertz CT molecular complexity index is 1280. The van der Waals surface area contributed by atoms with E-state index in [9.17, 15) is 17.2 Å². The summed E-state index contributed by atoms with van der Waals surface area (Å²) in [6, 6.07) is 17.7. The van der Waals surface area contributed by atoms with Gasteiger partial charge in [-0.15, -0.1) is 0 Å². The molecule has 1 aliphatic heterocycles. The maximum Gasteiger partial charge on any atom is 0.387 e. The van der Waals surface area contributed by atoms with E-state index in [1.807, 2.05) is 31.3 Å². The molecule has 2 N–H and O–H groups in total. The van der Waals surface area contributed by atoms with Gasteiger partial charge in [-0.3, -0.25) is 0 Å². The number of nitrogens with zero attached hydrogens (tertiary/aromatic N) is 1. The first-order valence-corrected chi connectivity index (χ1v) is 12.6. The molecule has 0 amide bonds. The molecule has 1 heterocycles. The second-order valence-corrected chi connectivity index (χ2v) is 9.86. The molecule has 1 unspecified atom stereocenters. The lowest BCUT2D eigenvalue weighted by Gasteiger charge is -2.31. The lowest BCUT2D eigenvalue weighted by molar-refractivity contribution is -0.0496. The van der Waals surface area contributed by atoms with Crippen molar-refractivity contribution in [3.05, 3.63) is 77.4 Å². The van der Waals surface area contributed by atoms with E-state index < -0.39 is 22.7 Å². The molecule has 3 aromatic rings. The van der Waals surface area contributed by atoms with Crippen LogP contribution in [0.1, 0.15) is 36.1 Å². The minimum atomic E-state index is -3.76. The van der Waals surface area contributed by atoms with Crippen LogP contribution < -0.4 is 19.5 Å². The van der Waals surface area contributed by atoms with Crippen LogP contribution in [0.5, 0.6) is 11.5 Å². The number of alkyl halides is 2. The van der Waals surface area contributed by atoms with Crippen LogP contribution in [-0.4, -0.2) is 28.6 Å². The Kier molecular flexibility index (Phi) is 6.77. The fourth-order valence-electron chi connectivity index (χ4n) is 4.25. The van der Waals surface area contributed by atoms with Crippen LogP contribution in [0.15, 0.2) is 60.7 Å². The summed E-state index contributed by atoms with van der Waals surface area (Å²) in [6.07, 6.45) is 0.444. The van der Waals surface area contributed by atoms with Gasteiger partial charge in [0.25, 0.3) is 0 Å². The van der Waals surface area contributed by atoms with E-state index in [2.05, 4.69) is 11.8 Å². The van der Waals surface area contributed by atoms with Gasteiger partial charge in [0.2, 0.25) is 10.0 Å². The van der Waals surface area contributed by atoms with Crippen LogP contribution in [0.2, 0.25) is 0 Å². The van der Waals surface area contributed by atoms with Crippen LogP contribution in [0, 0.1) is 0 Å². The number of halogens is 2. The third-order valence-corrected chi connectivity index (χ3v) is 6.42. The first kappa shape index (κ1) is 24.0. The Balaban J connectivity index is 1.82. The van der Waals surface area contributed by atoms with Crippen molar-refractivity contribution in [1.29, 1.82) is 0 Å². The van der Waals surface area contributed by atoms with Crippen molar-refractivity contribution in [2.45, 2.75) is 31.8 Å². The van der Waals surface area contributed by atoms with Gasteiger partial charge in [0.15, 0.2) is 0 Å². The van der Waals surface area contributed by atoms with Crippen molar-refractivity contribution in [2.75, 3.05) is 18.5 Å². The van der Waals surface area contributed by atoms with Crippen LogP contribution in [0.4, 0.5) is 14.5 Å². The number of fused-ring (bicyclic) bond motifs is 3. The van der Waals surface area contributed by atoms with Gasteiger partial charge in [-0.1, -0.05) is 43.3 Å². The zero-order valence-corrected chi connectivity index (χ0v) is 19.7. The summed E-state index contributed by atoms with van der Waals surface area (Å²) in [7, 11) is -1.74. The summed E-state index contributed by atoms with van der Waals surface area (Å²) in [4.78, 5) is 2.15. The molecule has 1 aliphatic rings. The summed E-state index contributed by atoms with van der Waals surface area (Å²) in [5.74, 6) is 0.0421. The predicted molar refractivity (Wildman–Crippen MR) is 128 cm³/mol. The first-order chi connectivity index (χ1) is 16.2. The maximum absolute atomic E-state index is 13.1. The van der Waals surface area contributed by atoms with Gasteiger partial charge in [-0.25, -0.2) is 13.6 Å². The zero-order valence-electron chi connectivity index (χ0n) is 18.9. The quantitative estimate of drug-likeness (QED) is 0.479. The SMILES string of the molecule is CCCN(C)c1ccc(C2Oc3cccc(OC(F)F)c3-c3ccc(CS(N)(=O)=O)cc32)cc1. The lowest BCUT2D eigenvalue weighted by Crippen LogP contribution is -2.19. The van der Waals surface area contributed by atoms with E-state index in [1.165, 1.54) is 6.07 Å². The van der Waals surface area contributed by atoms with E-state index in [-0.39, 0.29) is 11.5 Å². The molecular weight excluding hydrogens is 462 g/mol. The number of nitrogens with two attached hydrogens (primary N) is 1. The Morgan fingerprint density at radius 3 is 2.50 bits per heavy atom. The van der Waals surface area contributed by atoms with Gasteiger partial charge in [0, 0.05) is 24.8 Å². The van der Waals surface area contributed by atoms with Crippen molar-refractivity contribution >= 4 is 15.7 Å². The number of hydrogen-bond donors (Lipinski definition) is 1. The Morgan fingerprint density at radius 1 is 1.12 bits per heavy atom. The van der Waals surface area contributed by atoms with Crippen molar-refractivity contribution < 1.29 is 26.7 Å². The topological polar surface area (TPSA) is 81.9 Å². The van der Waals surface area contributed by atoms with Crippen molar-refractivity contribution in [2.24, 2.45) is 5.14 Å². The molecule has 0 bridgehead atoms. The number of hydrogen-bond acceptors (Lipinski definition) is 5. The highest BCUT2D eigenvalue weighted by molar-refractivity contribution is 7.88. The summed E-state index contributed by atoms with van der Waals surface area (Å²) >= 11 is 0. The molecule has 0 saturated carbocycles. The average Bonchev–Trinajstić information content (AvgIpc) is 2.77. The average molecular weight is 489 g/mol. The Hall–Kier alpha value is -3.17. The highest BCUT2D eigenvalue weighted by Gasteiger charge is 2.31. The Morgan fingerprint density at radius 2 is 1.85 bits per heavy atom. The molecule has 34 heavy (non-hydrogen) atoms. The van der Waals surface area contributed by atoms with Gasteiger partial charge >= 0.3 is 6.61 Å². The van der Waals surface area contributed by atoms with Gasteiger partial charge in [0.05, 0.1) is 11.3 Å². The van der Waals surface area contributed by atoms with Gasteiger partial charge < -0.3 is 14.4 Å². The predicted octanol–water partition coefficient (Wildman–Crippen LogP) is 5.07. The van der Waals surface area contributed by atoms with E-state index in [0.29, 0.717) is 28.0 Å². The zero-order chi connectivity index (χ0) is 24.5. The largest absolute Gasteiger partial charge is 0.480 e. The summed E-state index contributed by atoms with van der Waals surface area (Å²) in [6.45, 7) is 0.0292. The van der Waals surface area contributed by atoms with Gasteiger partial charge in [-0.2, -0.15) is 8.78 Å². The lowest BCUT2D eigenvalue weighted by atomic mass is 9.88. The van der Waals surface area contributed by atoms with E-state index in [0.717, 1.165) is 24.2 Å². The van der Waals surface area contributed by atoms with E-state index in [1.54, 1.807) is 30.3 Å². The molecule has 0 fully saturated rings. The standard InChI is InChI=1S/C25H26F2N2O4S/c1-3-13-29(2)18-10-8-17(9-11-18)24-20-14-16(15-34(28,30)31)7-12-19(20)23-21(32-24)5-4-6-22(23)33-25(26)27/h4-12,14,24-25H,3,13,15H2,1-2H3,(H2,28,30,31). The van der Waals surface area contributed by atoms with Gasteiger partial charge in [-0.05, 0) is 47.4 Å². The minimum Gasteiger partial charge on any atom is -0.480 e. The molecule has 4 rings (SSSR count). The highest BCUT2D eigenvalue weighted by atomic mass is 32.2. The molecular formula is C25H26F2N2O4S. The molecule has 3 aromatic carbocycles. The molecule has 180 valence electrons. The normalized spacial score (nSPS) is 14.8. The summed E-state index contributed by atoms with van der Waals surface area (Å²) in [5.41, 5.74) is 4.05. The Labute approximate surface area is 198 Å². The van der Waals surface area contributed by atoms with E-state index >= 15 is 0 Å². The molecule has 0 saturated heterocycles. The van der Waals surface area contributed by atoms with Gasteiger partial charge in [0.1, 0.15) is 17.6 Å². The second-order valence-electron chi connectivity index (χ2n) is 8.25. The number of ether oxygens (including phenoxy) is 2. The molecule has 1 atom stereocenters. The van der Waals surface area contributed by atoms with Crippen LogP contribution >= 0.6 is 0 Å². The van der Waals surface area contributed by atoms with Crippen molar-refractivity contribution in [1.82, 2.24) is 0 Å². The minimum absolute atomic E-state index is 0.0112. The first-order valence-electron chi connectivity index (χ1n) is 10.9. The van der Waals surface area contributed by atoms with Crippen LogP contribution in [-0.2, 0) is 15.8 Å². The fourth-order valence-corrected chi connectivity index (χ4v) is 4.90. The number of sulfonamides is 1. The van der Waals surface area contributed by atoms with E-state index in [4.69, 9.17) is 14.6 Å². The molecule has 9 heteroatoms. The summed E-state index contributed by atoms with van der Waals surface area (Å²) < 4.78 is 60.5. The molecule has 0 aromatic heterocycles. The van der Waals surface area contributed by atoms with Crippen LogP contribution in [0.3, 0.4) is 0 Å².